The molecule has 1 aromatic rings. The van der Waals surface area contributed by atoms with Gasteiger partial charge in [-0.05, 0) is 25.2 Å². The zero-order valence-electron chi connectivity index (χ0n) is 15.2. The highest BCUT2D eigenvalue weighted by Gasteiger charge is 2.49. The lowest BCUT2D eigenvalue weighted by Crippen LogP contribution is -2.53. The monoisotopic (exact) mass is 358 g/mol. The summed E-state index contributed by atoms with van der Waals surface area (Å²) in [4.78, 5) is 35.0. The molecule has 1 aliphatic carbocycles. The van der Waals surface area contributed by atoms with Gasteiger partial charge < -0.3 is 15.0 Å². The molecule has 26 heavy (non-hydrogen) atoms. The van der Waals surface area contributed by atoms with Crippen LogP contribution < -0.4 is 5.32 Å². The van der Waals surface area contributed by atoms with Gasteiger partial charge in [-0.25, -0.2) is 4.98 Å². The largest absolute Gasteiger partial charge is 0.381 e. The first-order valence-electron chi connectivity index (χ1n) is 9.50. The molecule has 1 spiro atoms. The topological polar surface area (TPSA) is 84.4 Å². The number of hydrogen-bond donors (Lipinski definition) is 1. The molecule has 7 nitrogen and oxygen atoms in total. The van der Waals surface area contributed by atoms with Gasteiger partial charge in [0, 0.05) is 55.9 Å². The first-order valence-corrected chi connectivity index (χ1v) is 9.50. The number of amides is 2. The van der Waals surface area contributed by atoms with Crippen LogP contribution in [0.15, 0.2) is 18.6 Å². The zero-order valence-corrected chi connectivity index (χ0v) is 15.2. The smallest absolute Gasteiger partial charge is 0.271 e. The third kappa shape index (κ3) is 3.32. The molecular formula is C19H26N4O3. The fourth-order valence-corrected chi connectivity index (χ4v) is 4.36. The number of carbonyl (C=O) groups is 2. The molecule has 140 valence electrons. The Kier molecular flexibility index (Phi) is 4.65. The Morgan fingerprint density at radius 2 is 2.23 bits per heavy atom. The summed E-state index contributed by atoms with van der Waals surface area (Å²) in [7, 11) is 0. The van der Waals surface area contributed by atoms with Crippen LogP contribution in [0.2, 0.25) is 0 Å². The lowest BCUT2D eigenvalue weighted by atomic mass is 9.69. The number of hydrogen-bond acceptors (Lipinski definition) is 5. The predicted molar refractivity (Wildman–Crippen MR) is 94.2 cm³/mol. The van der Waals surface area contributed by atoms with Gasteiger partial charge in [0.2, 0.25) is 5.91 Å². The van der Waals surface area contributed by atoms with Crippen molar-refractivity contribution in [1.29, 1.82) is 0 Å². The molecule has 3 heterocycles. The second-order valence-electron chi connectivity index (χ2n) is 8.02. The van der Waals surface area contributed by atoms with Crippen molar-refractivity contribution in [2.45, 2.75) is 26.2 Å². The molecule has 3 fully saturated rings. The van der Waals surface area contributed by atoms with E-state index in [-0.39, 0.29) is 29.1 Å². The van der Waals surface area contributed by atoms with E-state index in [9.17, 15) is 9.59 Å². The molecule has 0 radical (unpaired) electrons. The average Bonchev–Trinajstić information content (AvgIpc) is 3.22. The van der Waals surface area contributed by atoms with Gasteiger partial charge in [-0.1, -0.05) is 6.92 Å². The van der Waals surface area contributed by atoms with Crippen molar-refractivity contribution in [3.8, 4) is 0 Å². The van der Waals surface area contributed by atoms with Crippen LogP contribution in [0.1, 0.15) is 36.7 Å². The van der Waals surface area contributed by atoms with E-state index in [0.717, 1.165) is 39.0 Å². The summed E-state index contributed by atoms with van der Waals surface area (Å²) in [6.45, 7) is 5.66. The van der Waals surface area contributed by atoms with E-state index in [2.05, 4.69) is 22.2 Å². The third-order valence-corrected chi connectivity index (χ3v) is 6.36. The maximum atomic E-state index is 12.7. The van der Waals surface area contributed by atoms with Gasteiger partial charge >= 0.3 is 0 Å². The van der Waals surface area contributed by atoms with Crippen LogP contribution in [0.5, 0.6) is 0 Å². The highest BCUT2D eigenvalue weighted by molar-refractivity contribution is 5.91. The summed E-state index contributed by atoms with van der Waals surface area (Å²) in [6, 6.07) is 0. The highest BCUT2D eigenvalue weighted by atomic mass is 16.5. The van der Waals surface area contributed by atoms with E-state index < -0.39 is 0 Å². The number of aromatic nitrogens is 2. The normalized spacial score (nSPS) is 33.3. The van der Waals surface area contributed by atoms with Gasteiger partial charge in [0.25, 0.3) is 5.91 Å². The molecule has 1 aromatic heterocycles. The van der Waals surface area contributed by atoms with Crippen molar-refractivity contribution in [2.75, 3.05) is 32.8 Å². The number of carbonyl (C=O) groups excluding carboxylic acids is 2. The molecule has 3 aliphatic rings. The Hall–Kier alpha value is -2.02. The van der Waals surface area contributed by atoms with Crippen molar-refractivity contribution < 1.29 is 14.3 Å². The second-order valence-corrected chi connectivity index (χ2v) is 8.02. The number of nitrogens with one attached hydrogen (secondary N) is 1. The minimum Gasteiger partial charge on any atom is -0.381 e. The number of piperidine rings is 1. The molecule has 4 rings (SSSR count). The molecule has 2 saturated heterocycles. The Labute approximate surface area is 153 Å². The second kappa shape index (κ2) is 6.95. The van der Waals surface area contributed by atoms with E-state index in [1.54, 1.807) is 6.20 Å². The van der Waals surface area contributed by atoms with E-state index in [1.165, 1.54) is 12.4 Å². The molecule has 2 aliphatic heterocycles. The van der Waals surface area contributed by atoms with Crippen molar-refractivity contribution in [2.24, 2.45) is 23.2 Å². The van der Waals surface area contributed by atoms with Crippen LogP contribution in [0, 0.1) is 23.2 Å². The van der Waals surface area contributed by atoms with Crippen molar-refractivity contribution in [1.82, 2.24) is 20.2 Å². The number of ether oxygens (including phenoxy) is 1. The number of nitrogens with zero attached hydrogens (tertiary/aromatic N) is 3. The summed E-state index contributed by atoms with van der Waals surface area (Å²) in [5.74, 6) is 1.00. The maximum Gasteiger partial charge on any atom is 0.271 e. The maximum absolute atomic E-state index is 12.7. The molecule has 2 amide bonds. The molecule has 0 bridgehead atoms. The highest BCUT2D eigenvalue weighted by Crippen LogP contribution is 2.45. The van der Waals surface area contributed by atoms with Crippen LogP contribution in [0.3, 0.4) is 0 Å². The van der Waals surface area contributed by atoms with Gasteiger partial charge in [0.1, 0.15) is 5.69 Å². The predicted octanol–water partition coefficient (Wildman–Crippen LogP) is 1.12. The average molecular weight is 358 g/mol. The minimum atomic E-state index is -0.216. The Morgan fingerprint density at radius 3 is 2.88 bits per heavy atom. The van der Waals surface area contributed by atoms with Crippen molar-refractivity contribution >= 4 is 11.8 Å². The molecule has 4 unspecified atom stereocenters. The Balaban J connectivity index is 1.43. The van der Waals surface area contributed by atoms with Gasteiger partial charge in [-0.3, -0.25) is 14.6 Å². The summed E-state index contributed by atoms with van der Waals surface area (Å²) >= 11 is 0. The molecule has 4 atom stereocenters. The summed E-state index contributed by atoms with van der Waals surface area (Å²) in [5, 5.41) is 3.00. The van der Waals surface area contributed by atoms with Crippen molar-refractivity contribution in [3.05, 3.63) is 24.3 Å². The van der Waals surface area contributed by atoms with Crippen LogP contribution in [-0.4, -0.2) is 59.5 Å². The summed E-state index contributed by atoms with van der Waals surface area (Å²) < 4.78 is 5.69. The van der Waals surface area contributed by atoms with E-state index in [1.807, 2.05) is 4.90 Å². The zero-order chi connectivity index (χ0) is 18.1. The fraction of sp³-hybridized carbons (Fsp3) is 0.684. The minimum absolute atomic E-state index is 0.0710. The molecule has 7 heteroatoms. The molecule has 0 aromatic carbocycles. The molecule has 1 N–H and O–H groups in total. The number of likely N-dealkylation sites (tertiary alicyclic amines) is 1. The van der Waals surface area contributed by atoms with Crippen LogP contribution >= 0.6 is 0 Å². The van der Waals surface area contributed by atoms with Crippen LogP contribution in [0.4, 0.5) is 0 Å². The van der Waals surface area contributed by atoms with Crippen LogP contribution in [-0.2, 0) is 9.53 Å². The van der Waals surface area contributed by atoms with E-state index in [0.29, 0.717) is 24.7 Å². The Morgan fingerprint density at radius 1 is 1.38 bits per heavy atom. The molecular weight excluding hydrogens is 332 g/mol. The summed E-state index contributed by atoms with van der Waals surface area (Å²) in [6.07, 6.45) is 7.49. The fourth-order valence-electron chi connectivity index (χ4n) is 4.36. The lowest BCUT2D eigenvalue weighted by molar-refractivity contribution is -0.137. The summed E-state index contributed by atoms with van der Waals surface area (Å²) in [5.41, 5.74) is 0.390. The van der Waals surface area contributed by atoms with Gasteiger partial charge in [0.15, 0.2) is 0 Å². The quantitative estimate of drug-likeness (QED) is 0.872. The van der Waals surface area contributed by atoms with E-state index >= 15 is 0 Å². The SMILES string of the molecule is CC1CC1C(=O)N1CCC2(CCOC2)C(CNC(=O)c2cnccn2)C1. The lowest BCUT2D eigenvalue weighted by Gasteiger charge is -2.45. The third-order valence-electron chi connectivity index (χ3n) is 6.36. The van der Waals surface area contributed by atoms with E-state index in [4.69, 9.17) is 4.74 Å². The van der Waals surface area contributed by atoms with Crippen LogP contribution in [0.25, 0.3) is 0 Å². The first-order chi connectivity index (χ1) is 12.6. The van der Waals surface area contributed by atoms with Crippen molar-refractivity contribution in [3.63, 3.8) is 0 Å². The number of rotatable bonds is 4. The first kappa shape index (κ1) is 17.4. The standard InChI is InChI=1S/C19H26N4O3/c1-13-8-15(13)18(25)23-6-2-19(3-7-26-12-19)14(11-23)9-22-17(24)16-10-20-4-5-21-16/h4-5,10,13-15H,2-3,6-9,11-12H2,1H3,(H,22,24). The van der Waals surface area contributed by atoms with Gasteiger partial charge in [-0.15, -0.1) is 0 Å². The molecule has 1 saturated carbocycles. The van der Waals surface area contributed by atoms with Gasteiger partial charge in [-0.2, -0.15) is 0 Å². The van der Waals surface area contributed by atoms with Gasteiger partial charge in [0.05, 0.1) is 12.8 Å². The Bertz CT molecular complexity index is 675.